The first kappa shape index (κ1) is 28.6. The van der Waals surface area contributed by atoms with Gasteiger partial charge in [0.1, 0.15) is 5.75 Å². The first-order chi connectivity index (χ1) is 20.9. The zero-order chi connectivity index (χ0) is 31.4. The van der Waals surface area contributed by atoms with Crippen LogP contribution in [0.1, 0.15) is 37.7 Å². The van der Waals surface area contributed by atoms with Gasteiger partial charge in [-0.3, -0.25) is 9.59 Å². The summed E-state index contributed by atoms with van der Waals surface area (Å²) in [5, 5.41) is 12.6. The van der Waals surface area contributed by atoms with Gasteiger partial charge in [0.05, 0.1) is 48.7 Å². The van der Waals surface area contributed by atoms with E-state index in [2.05, 4.69) is 15.3 Å². The van der Waals surface area contributed by atoms with Crippen LogP contribution in [0.4, 0.5) is 37.7 Å². The Kier molecular flexibility index (Phi) is 6.74. The molecule has 0 fully saturated rings. The van der Waals surface area contributed by atoms with Crippen LogP contribution in [0.2, 0.25) is 0 Å². The van der Waals surface area contributed by atoms with Crippen molar-refractivity contribution in [3.63, 3.8) is 0 Å². The third-order valence-electron chi connectivity index (χ3n) is 6.98. The lowest BCUT2D eigenvalue weighted by Gasteiger charge is -2.19. The van der Waals surface area contributed by atoms with Gasteiger partial charge in [0.15, 0.2) is 11.4 Å². The highest BCUT2D eigenvalue weighted by Gasteiger charge is 2.42. The van der Waals surface area contributed by atoms with Crippen molar-refractivity contribution in [3.8, 4) is 11.4 Å². The largest absolute Gasteiger partial charge is 0.497 e. The summed E-state index contributed by atoms with van der Waals surface area (Å²) >= 11 is 0. The molecule has 5 aromatic rings. The molecule has 3 heterocycles. The summed E-state index contributed by atoms with van der Waals surface area (Å²) < 4.78 is 88.1. The molecule has 0 saturated carbocycles. The molecular formula is C29H18F6N6O3. The van der Waals surface area contributed by atoms with Gasteiger partial charge >= 0.3 is 12.4 Å². The maximum Gasteiger partial charge on any atom is 0.435 e. The number of amides is 2. The Balaban J connectivity index is 1.40. The Morgan fingerprint density at radius 3 is 2.34 bits per heavy atom. The zero-order valence-electron chi connectivity index (χ0n) is 22.4. The molecule has 1 N–H and O–H groups in total. The van der Waals surface area contributed by atoms with Gasteiger partial charge < -0.3 is 15.0 Å². The molecule has 0 atom stereocenters. The van der Waals surface area contributed by atoms with Gasteiger partial charge in [0, 0.05) is 16.3 Å². The SMILES string of the molecule is COc1ccc(CN2C(=O)c3cccc4c(-n5ncc(C(=O)Nc6cnnc(C(F)(F)F)c6)c5C(F)(F)F)ccc2c34)cc1. The number of nitrogens with zero attached hydrogens (tertiary/aromatic N) is 5. The fourth-order valence-electron chi connectivity index (χ4n) is 5.03. The van der Waals surface area contributed by atoms with Crippen molar-refractivity contribution in [2.45, 2.75) is 18.9 Å². The molecule has 15 heteroatoms. The van der Waals surface area contributed by atoms with Gasteiger partial charge in [0.2, 0.25) is 0 Å². The number of hydrogen-bond donors (Lipinski definition) is 1. The van der Waals surface area contributed by atoms with Gasteiger partial charge in [-0.15, -0.1) is 5.10 Å². The molecule has 2 amide bonds. The summed E-state index contributed by atoms with van der Waals surface area (Å²) in [5.41, 5.74) is -2.89. The third-order valence-corrected chi connectivity index (χ3v) is 6.98. The van der Waals surface area contributed by atoms with Crippen molar-refractivity contribution in [1.29, 1.82) is 0 Å². The van der Waals surface area contributed by atoms with Gasteiger partial charge in [-0.1, -0.05) is 24.3 Å². The zero-order valence-corrected chi connectivity index (χ0v) is 22.4. The lowest BCUT2D eigenvalue weighted by Crippen LogP contribution is -2.26. The first-order valence-corrected chi connectivity index (χ1v) is 12.7. The number of hydrogen-bond acceptors (Lipinski definition) is 6. The molecule has 44 heavy (non-hydrogen) atoms. The number of methoxy groups -OCH3 is 1. The third kappa shape index (κ3) is 4.95. The van der Waals surface area contributed by atoms with E-state index in [-0.39, 0.29) is 29.1 Å². The molecule has 1 aliphatic rings. The number of ether oxygens (including phenoxy) is 1. The number of halogens is 6. The van der Waals surface area contributed by atoms with E-state index < -0.39 is 40.9 Å². The highest BCUT2D eigenvalue weighted by molar-refractivity contribution is 6.26. The second-order valence-corrected chi connectivity index (χ2v) is 9.67. The maximum absolute atomic E-state index is 14.5. The Bertz CT molecular complexity index is 1940. The lowest BCUT2D eigenvalue weighted by atomic mass is 10.0. The minimum atomic E-state index is -5.12. The molecule has 0 saturated heterocycles. The molecule has 9 nitrogen and oxygen atoms in total. The van der Waals surface area contributed by atoms with E-state index in [1.165, 1.54) is 36.3 Å². The van der Waals surface area contributed by atoms with Crippen molar-refractivity contribution in [1.82, 2.24) is 20.0 Å². The summed E-state index contributed by atoms with van der Waals surface area (Å²) in [5.74, 6) is -1.08. The van der Waals surface area contributed by atoms with Crippen molar-refractivity contribution in [2.24, 2.45) is 0 Å². The van der Waals surface area contributed by atoms with Crippen LogP contribution in [0.5, 0.6) is 5.75 Å². The van der Waals surface area contributed by atoms with E-state index in [1.54, 1.807) is 30.3 Å². The molecule has 0 spiro atoms. The second kappa shape index (κ2) is 10.4. The van der Waals surface area contributed by atoms with Crippen LogP contribution in [0, 0.1) is 0 Å². The smallest absolute Gasteiger partial charge is 0.435 e. The maximum atomic E-state index is 14.5. The molecule has 0 bridgehead atoms. The van der Waals surface area contributed by atoms with E-state index in [4.69, 9.17) is 4.74 Å². The summed E-state index contributed by atoms with van der Waals surface area (Å²) in [7, 11) is 1.53. The van der Waals surface area contributed by atoms with Crippen LogP contribution >= 0.6 is 0 Å². The van der Waals surface area contributed by atoms with Gasteiger partial charge in [-0.25, -0.2) is 4.68 Å². The minimum Gasteiger partial charge on any atom is -0.497 e. The molecule has 0 radical (unpaired) electrons. The molecule has 0 unspecified atom stereocenters. The summed E-state index contributed by atoms with van der Waals surface area (Å²) in [6.07, 6.45) is -8.57. The fourth-order valence-corrected chi connectivity index (χ4v) is 5.03. The number of alkyl halides is 6. The van der Waals surface area contributed by atoms with Crippen molar-refractivity contribution < 1.29 is 40.7 Å². The fraction of sp³-hybridized carbons (Fsp3) is 0.138. The predicted molar refractivity (Wildman–Crippen MR) is 145 cm³/mol. The van der Waals surface area contributed by atoms with Crippen LogP contribution < -0.4 is 15.0 Å². The standard InChI is InChI=1S/C29H18F6N6O3/c1-44-17-7-5-15(6-8-17)14-40-22-10-9-21(18-3-2-4-19(24(18)22)27(40)43)41-25(29(33,34)35)20(13-37-41)26(42)38-16-11-23(28(30,31)32)39-36-12-16/h2-13H,14H2,1H3,(H,38,39,42). The van der Waals surface area contributed by atoms with Gasteiger partial charge in [-0.2, -0.15) is 36.5 Å². The monoisotopic (exact) mass is 612 g/mol. The van der Waals surface area contributed by atoms with E-state index in [0.29, 0.717) is 33.8 Å². The van der Waals surface area contributed by atoms with E-state index >= 15 is 0 Å². The molecule has 1 aliphatic heterocycles. The van der Waals surface area contributed by atoms with Crippen LogP contribution in [0.25, 0.3) is 16.5 Å². The molecule has 0 aliphatic carbocycles. The predicted octanol–water partition coefficient (Wildman–Crippen LogP) is 6.27. The van der Waals surface area contributed by atoms with Gasteiger partial charge in [0.25, 0.3) is 11.8 Å². The Morgan fingerprint density at radius 2 is 1.66 bits per heavy atom. The highest BCUT2D eigenvalue weighted by Crippen LogP contribution is 2.42. The van der Waals surface area contributed by atoms with Crippen LogP contribution in [0.3, 0.4) is 0 Å². The molecule has 2 aromatic heterocycles. The highest BCUT2D eigenvalue weighted by atomic mass is 19.4. The molecule has 6 rings (SSSR count). The number of aromatic nitrogens is 4. The van der Waals surface area contributed by atoms with E-state index in [1.807, 2.05) is 5.32 Å². The number of carbonyl (C=O) groups excluding carboxylic acids is 2. The van der Waals surface area contributed by atoms with Gasteiger partial charge in [-0.05, 0) is 42.0 Å². The number of anilines is 2. The topological polar surface area (TPSA) is 102 Å². The van der Waals surface area contributed by atoms with Crippen LogP contribution in [-0.4, -0.2) is 38.9 Å². The van der Waals surface area contributed by atoms with Crippen LogP contribution in [-0.2, 0) is 18.9 Å². The number of benzene rings is 3. The average Bonchev–Trinajstić information content (AvgIpc) is 3.55. The summed E-state index contributed by atoms with van der Waals surface area (Å²) in [6, 6.07) is 15.0. The first-order valence-electron chi connectivity index (χ1n) is 12.7. The molecule has 3 aromatic carbocycles. The second-order valence-electron chi connectivity index (χ2n) is 9.67. The number of nitrogens with one attached hydrogen (secondary N) is 1. The number of rotatable bonds is 6. The molecule has 224 valence electrons. The van der Waals surface area contributed by atoms with Crippen molar-refractivity contribution in [2.75, 3.05) is 17.3 Å². The minimum absolute atomic E-state index is 0.0685. The van der Waals surface area contributed by atoms with Crippen molar-refractivity contribution in [3.05, 3.63) is 101 Å². The Morgan fingerprint density at radius 1 is 0.932 bits per heavy atom. The lowest BCUT2D eigenvalue weighted by molar-refractivity contribution is -0.143. The summed E-state index contributed by atoms with van der Waals surface area (Å²) in [6.45, 7) is 0.186. The quantitative estimate of drug-likeness (QED) is 0.227. The van der Waals surface area contributed by atoms with Crippen LogP contribution in [0.15, 0.2) is 73.1 Å². The summed E-state index contributed by atoms with van der Waals surface area (Å²) in [4.78, 5) is 27.8. The number of carbonyl (C=O) groups is 2. The molecular weight excluding hydrogens is 594 g/mol. The normalized spacial score (nSPS) is 13.1. The average molecular weight is 612 g/mol. The van der Waals surface area contributed by atoms with Crippen molar-refractivity contribution >= 4 is 34.0 Å². The Hall–Kier alpha value is -5.47. The Labute approximate surface area is 243 Å². The van der Waals surface area contributed by atoms with E-state index in [0.717, 1.165) is 11.8 Å². The van der Waals surface area contributed by atoms with E-state index in [9.17, 15) is 35.9 Å².